The topological polar surface area (TPSA) is 165 Å². The second-order valence-electron chi connectivity index (χ2n) is 6.70. The standard InChI is InChI=1S/C14H23N5O6S/c1-13(2,3)24-12(23)18-17-11(22)14(4,5)25-19-26-6-8(16-7-26)9(15)10(20)21/h6-7,9H,15H2,1-5H3,(H,17,22)(H,18,23)(H,20,21). The molecule has 0 radical (unpaired) electrons. The highest BCUT2D eigenvalue weighted by Crippen LogP contribution is 2.15. The summed E-state index contributed by atoms with van der Waals surface area (Å²) in [5.41, 5.74) is 9.12. The normalized spacial score (nSPS) is 18.2. The van der Waals surface area contributed by atoms with Crippen molar-refractivity contribution in [2.75, 3.05) is 0 Å². The highest BCUT2D eigenvalue weighted by atomic mass is 32.2. The fourth-order valence-corrected chi connectivity index (χ4v) is 2.46. The average Bonchev–Trinajstić information content (AvgIpc) is 2.97. The molecule has 1 rings (SSSR count). The van der Waals surface area contributed by atoms with Crippen LogP contribution in [0.5, 0.6) is 0 Å². The summed E-state index contributed by atoms with van der Waals surface area (Å²) in [5, 5.41) is 10.3. The molecule has 12 heteroatoms. The van der Waals surface area contributed by atoms with Gasteiger partial charge in [-0.3, -0.25) is 20.0 Å². The van der Waals surface area contributed by atoms with Gasteiger partial charge >= 0.3 is 12.1 Å². The van der Waals surface area contributed by atoms with Crippen LogP contribution in [0.4, 0.5) is 4.79 Å². The Bertz CT molecular complexity index is 680. The van der Waals surface area contributed by atoms with Gasteiger partial charge in [0, 0.05) is 16.1 Å². The molecule has 2 unspecified atom stereocenters. The van der Waals surface area contributed by atoms with Crippen LogP contribution in [0.2, 0.25) is 0 Å². The zero-order chi connectivity index (χ0) is 20.1. The molecule has 0 aliphatic carbocycles. The van der Waals surface area contributed by atoms with Crippen LogP contribution in [0.3, 0.4) is 0 Å². The van der Waals surface area contributed by atoms with Crippen molar-refractivity contribution >= 4 is 34.2 Å². The second-order valence-corrected chi connectivity index (χ2v) is 7.99. The fraction of sp³-hybridized carbons (Fsp3) is 0.571. The Hall–Kier alpha value is -2.31. The molecule has 0 spiro atoms. The fourth-order valence-electron chi connectivity index (χ4n) is 1.36. The van der Waals surface area contributed by atoms with Crippen LogP contribution in [0.25, 0.3) is 0 Å². The second kappa shape index (κ2) is 8.38. The maximum atomic E-state index is 12.1. The first-order valence-corrected chi connectivity index (χ1v) is 8.77. The summed E-state index contributed by atoms with van der Waals surface area (Å²) in [6, 6.07) is -1.26. The summed E-state index contributed by atoms with van der Waals surface area (Å²) < 4.78 is 8.83. The quantitative estimate of drug-likeness (QED) is 0.492. The molecule has 0 saturated carbocycles. The van der Waals surface area contributed by atoms with E-state index >= 15 is 0 Å². The first-order chi connectivity index (χ1) is 11.8. The zero-order valence-electron chi connectivity index (χ0n) is 15.1. The van der Waals surface area contributed by atoms with Crippen molar-refractivity contribution in [1.29, 1.82) is 0 Å². The van der Waals surface area contributed by atoms with Crippen LogP contribution >= 0.6 is 0 Å². The van der Waals surface area contributed by atoms with Crippen LogP contribution in [-0.4, -0.2) is 45.9 Å². The first kappa shape index (κ1) is 21.7. The van der Waals surface area contributed by atoms with Gasteiger partial charge in [0.15, 0.2) is 5.60 Å². The first-order valence-electron chi connectivity index (χ1n) is 7.47. The van der Waals surface area contributed by atoms with Crippen molar-refractivity contribution in [3.8, 4) is 0 Å². The summed E-state index contributed by atoms with van der Waals surface area (Å²) in [4.78, 5) is 43.5. The number of hydrazine groups is 1. The summed E-state index contributed by atoms with van der Waals surface area (Å²) in [5.74, 6) is -1.88. The molecule has 1 aliphatic rings. The largest absolute Gasteiger partial charge is 0.480 e. The highest BCUT2D eigenvalue weighted by Gasteiger charge is 2.31. The van der Waals surface area contributed by atoms with Crippen molar-refractivity contribution in [2.24, 2.45) is 15.3 Å². The van der Waals surface area contributed by atoms with Crippen molar-refractivity contribution < 1.29 is 29.1 Å². The van der Waals surface area contributed by atoms with Gasteiger partial charge in [0.05, 0.1) is 11.2 Å². The Morgan fingerprint density at radius 1 is 1.27 bits per heavy atom. The van der Waals surface area contributed by atoms with Gasteiger partial charge in [0.1, 0.15) is 11.6 Å². The minimum atomic E-state index is -1.42. The molecule has 26 heavy (non-hydrogen) atoms. The number of aliphatic imine (C=N–C) groups is 1. The molecular formula is C14H23N5O6S. The summed E-state index contributed by atoms with van der Waals surface area (Å²) in [7, 11) is -0.970. The lowest BCUT2D eigenvalue weighted by Crippen LogP contribution is -2.52. The molecule has 2 atom stereocenters. The number of carbonyl (C=O) groups is 3. The van der Waals surface area contributed by atoms with Gasteiger partial charge in [-0.25, -0.2) is 15.1 Å². The van der Waals surface area contributed by atoms with Gasteiger partial charge in [-0.2, -0.15) is 0 Å². The molecular weight excluding hydrogens is 366 g/mol. The number of rotatable bonds is 5. The van der Waals surface area contributed by atoms with E-state index in [-0.39, 0.29) is 5.70 Å². The number of hydrogen-bond donors (Lipinski definition) is 4. The molecule has 146 valence electrons. The third-order valence-corrected chi connectivity index (χ3v) is 3.76. The smallest absolute Gasteiger partial charge is 0.426 e. The minimum Gasteiger partial charge on any atom is -0.480 e. The van der Waals surface area contributed by atoms with Gasteiger partial charge in [0.2, 0.25) is 0 Å². The summed E-state index contributed by atoms with van der Waals surface area (Å²) in [6.45, 7) is 7.92. The SMILES string of the molecule is CC(C)(C)OC(=O)NNC(=O)C(C)(C)ON=S1C=NC(C(N)C(=O)O)=C1. The van der Waals surface area contributed by atoms with E-state index in [2.05, 4.69) is 20.4 Å². The molecule has 5 N–H and O–H groups in total. The van der Waals surface area contributed by atoms with E-state index in [0.29, 0.717) is 0 Å². The maximum Gasteiger partial charge on any atom is 0.426 e. The van der Waals surface area contributed by atoms with Crippen LogP contribution in [0.1, 0.15) is 34.6 Å². The Kier molecular flexibility index (Phi) is 7.00. The van der Waals surface area contributed by atoms with E-state index in [9.17, 15) is 14.4 Å². The Morgan fingerprint density at radius 3 is 2.42 bits per heavy atom. The van der Waals surface area contributed by atoms with Gasteiger partial charge < -0.3 is 15.6 Å². The Labute approximate surface area is 153 Å². The number of hydrogen-bond acceptors (Lipinski definition) is 8. The van der Waals surface area contributed by atoms with Crippen LogP contribution in [0.15, 0.2) is 20.6 Å². The average molecular weight is 389 g/mol. The highest BCUT2D eigenvalue weighted by molar-refractivity contribution is 8.03. The monoisotopic (exact) mass is 389 g/mol. The molecule has 0 aromatic heterocycles. The van der Waals surface area contributed by atoms with Gasteiger partial charge in [-0.15, -0.1) is 0 Å². The molecule has 1 aliphatic heterocycles. The number of amides is 2. The lowest BCUT2D eigenvalue weighted by molar-refractivity contribution is -0.143. The molecule has 0 saturated heterocycles. The van der Waals surface area contributed by atoms with Gasteiger partial charge in [-0.05, 0) is 34.6 Å². The maximum absolute atomic E-state index is 12.1. The molecule has 2 amide bonds. The predicted molar refractivity (Wildman–Crippen MR) is 94.7 cm³/mol. The number of nitrogens with two attached hydrogens (primary N) is 1. The van der Waals surface area contributed by atoms with Crippen molar-refractivity contribution in [3.05, 3.63) is 11.1 Å². The third-order valence-electron chi connectivity index (χ3n) is 2.71. The number of carboxylic acid groups (broad SMARTS) is 1. The van der Waals surface area contributed by atoms with E-state index < -0.39 is 45.9 Å². The third kappa shape index (κ3) is 6.90. The predicted octanol–water partition coefficient (Wildman–Crippen LogP) is 0.350. The van der Waals surface area contributed by atoms with Crippen molar-refractivity contribution in [2.45, 2.75) is 51.9 Å². The molecule has 0 aromatic rings. The number of nitrogens with one attached hydrogen (secondary N) is 2. The van der Waals surface area contributed by atoms with E-state index in [4.69, 9.17) is 20.4 Å². The summed E-state index contributed by atoms with van der Waals surface area (Å²) >= 11 is 0. The lowest BCUT2D eigenvalue weighted by atomic mass is 10.1. The number of ether oxygens (including phenoxy) is 1. The molecule has 1 heterocycles. The Balaban J connectivity index is 2.61. The van der Waals surface area contributed by atoms with Crippen LogP contribution < -0.4 is 16.6 Å². The Morgan fingerprint density at radius 2 is 1.88 bits per heavy atom. The van der Waals surface area contributed by atoms with Crippen LogP contribution in [0, 0.1) is 0 Å². The van der Waals surface area contributed by atoms with E-state index in [1.165, 1.54) is 24.8 Å². The number of carboxylic acids is 1. The van der Waals surface area contributed by atoms with Gasteiger partial charge in [0.25, 0.3) is 5.91 Å². The minimum absolute atomic E-state index is 0.155. The number of carbonyl (C=O) groups excluding carboxylic acids is 2. The summed E-state index contributed by atoms with van der Waals surface area (Å²) in [6.07, 6.45) is -0.821. The number of aliphatic carboxylic acids is 1. The van der Waals surface area contributed by atoms with Gasteiger partial charge in [-0.1, -0.05) is 4.53 Å². The lowest BCUT2D eigenvalue weighted by Gasteiger charge is -2.23. The van der Waals surface area contributed by atoms with E-state index in [1.807, 2.05) is 0 Å². The number of nitrogens with zero attached hydrogens (tertiary/aromatic N) is 2. The van der Waals surface area contributed by atoms with Crippen LogP contribution in [-0.2, 0) is 29.9 Å². The van der Waals surface area contributed by atoms with E-state index in [1.54, 1.807) is 20.8 Å². The van der Waals surface area contributed by atoms with E-state index in [0.717, 1.165) is 0 Å². The zero-order valence-corrected chi connectivity index (χ0v) is 15.9. The van der Waals surface area contributed by atoms with Crippen molar-refractivity contribution in [1.82, 2.24) is 10.9 Å². The molecule has 0 fully saturated rings. The molecule has 0 bridgehead atoms. The van der Waals surface area contributed by atoms with Crippen molar-refractivity contribution in [3.63, 3.8) is 0 Å². The molecule has 0 aromatic carbocycles. The molecule has 11 nitrogen and oxygen atoms in total.